The van der Waals surface area contributed by atoms with E-state index < -0.39 is 0 Å². The van der Waals surface area contributed by atoms with Crippen molar-refractivity contribution in [2.75, 3.05) is 13.2 Å². The van der Waals surface area contributed by atoms with Gasteiger partial charge in [-0.25, -0.2) is 0 Å². The average molecular weight is 267 g/mol. The third kappa shape index (κ3) is 4.96. The van der Waals surface area contributed by atoms with Gasteiger partial charge in [0, 0.05) is 38.0 Å². The number of aromatic nitrogens is 2. The number of rotatable bonds is 8. The van der Waals surface area contributed by atoms with Crippen LogP contribution in [0.3, 0.4) is 0 Å². The first-order valence-corrected chi connectivity index (χ1v) is 7.29. The van der Waals surface area contributed by atoms with Crippen molar-refractivity contribution in [1.29, 1.82) is 0 Å². The average Bonchev–Trinajstić information content (AvgIpc) is 2.70. The molecule has 1 N–H and O–H groups in total. The highest BCUT2D eigenvalue weighted by Gasteiger charge is 2.16. The Bertz CT molecular complexity index is 371. The van der Waals surface area contributed by atoms with E-state index in [2.05, 4.69) is 44.3 Å². The second-order valence-corrected chi connectivity index (χ2v) is 5.76. The Morgan fingerprint density at radius 2 is 2.00 bits per heavy atom. The molecule has 1 aromatic rings. The molecule has 0 aromatic carbocycles. The Kier molecular flexibility index (Phi) is 6.52. The summed E-state index contributed by atoms with van der Waals surface area (Å²) >= 11 is 0. The molecule has 1 unspecified atom stereocenters. The summed E-state index contributed by atoms with van der Waals surface area (Å²) in [6.07, 6.45) is 2.11. The zero-order valence-corrected chi connectivity index (χ0v) is 13.2. The lowest BCUT2D eigenvalue weighted by Crippen LogP contribution is -2.37. The summed E-state index contributed by atoms with van der Waals surface area (Å²) < 4.78 is 7.45. The molecule has 0 fully saturated rings. The fourth-order valence-electron chi connectivity index (χ4n) is 2.15. The van der Waals surface area contributed by atoms with Crippen LogP contribution >= 0.6 is 0 Å². The second-order valence-electron chi connectivity index (χ2n) is 5.76. The minimum Gasteiger partial charge on any atom is -0.380 e. The normalized spacial score (nSPS) is 13.5. The summed E-state index contributed by atoms with van der Waals surface area (Å²) in [5.74, 6) is 1.02. The topological polar surface area (TPSA) is 39.1 Å². The maximum Gasteiger partial charge on any atom is 0.0694 e. The van der Waals surface area contributed by atoms with Crippen LogP contribution in [0.4, 0.5) is 0 Å². The molecular formula is C15H29N3O. The van der Waals surface area contributed by atoms with Gasteiger partial charge in [-0.15, -0.1) is 0 Å². The fourth-order valence-corrected chi connectivity index (χ4v) is 2.15. The predicted molar refractivity (Wildman–Crippen MR) is 79.3 cm³/mol. The molecule has 0 saturated carbocycles. The number of ether oxygens (including phenoxy) is 1. The van der Waals surface area contributed by atoms with E-state index in [1.165, 1.54) is 11.3 Å². The van der Waals surface area contributed by atoms with E-state index in [1.807, 2.05) is 18.7 Å². The van der Waals surface area contributed by atoms with Crippen LogP contribution < -0.4 is 5.32 Å². The Hall–Kier alpha value is -0.870. The smallest absolute Gasteiger partial charge is 0.0694 e. The van der Waals surface area contributed by atoms with Crippen molar-refractivity contribution in [3.63, 3.8) is 0 Å². The van der Waals surface area contributed by atoms with Crippen molar-refractivity contribution in [3.8, 4) is 0 Å². The molecule has 19 heavy (non-hydrogen) atoms. The van der Waals surface area contributed by atoms with Gasteiger partial charge in [0.05, 0.1) is 12.3 Å². The Labute approximate surface area is 117 Å². The Morgan fingerprint density at radius 1 is 1.32 bits per heavy atom. The van der Waals surface area contributed by atoms with E-state index in [1.54, 1.807) is 0 Å². The zero-order chi connectivity index (χ0) is 14.4. The number of nitrogens with one attached hydrogen (secondary N) is 1. The van der Waals surface area contributed by atoms with Crippen LogP contribution in [-0.4, -0.2) is 29.0 Å². The predicted octanol–water partition coefficient (Wildman–Crippen LogP) is 2.69. The van der Waals surface area contributed by atoms with E-state index in [0.717, 1.165) is 19.8 Å². The lowest BCUT2D eigenvalue weighted by Gasteiger charge is -2.22. The first-order valence-electron chi connectivity index (χ1n) is 7.29. The van der Waals surface area contributed by atoms with Gasteiger partial charge in [0.15, 0.2) is 0 Å². The quantitative estimate of drug-likeness (QED) is 0.787. The molecule has 0 amide bonds. The van der Waals surface area contributed by atoms with E-state index in [0.29, 0.717) is 17.9 Å². The molecule has 0 saturated heterocycles. The summed E-state index contributed by atoms with van der Waals surface area (Å²) in [5.41, 5.74) is 2.48. The summed E-state index contributed by atoms with van der Waals surface area (Å²) in [4.78, 5) is 0. The third-order valence-electron chi connectivity index (χ3n) is 3.34. The van der Waals surface area contributed by atoms with Crippen molar-refractivity contribution >= 4 is 0 Å². The van der Waals surface area contributed by atoms with Crippen molar-refractivity contribution in [1.82, 2.24) is 15.1 Å². The number of nitrogens with zero attached hydrogens (tertiary/aromatic N) is 2. The Morgan fingerprint density at radius 3 is 2.53 bits per heavy atom. The van der Waals surface area contributed by atoms with E-state index >= 15 is 0 Å². The maximum absolute atomic E-state index is 5.54. The van der Waals surface area contributed by atoms with Gasteiger partial charge in [-0.1, -0.05) is 27.7 Å². The van der Waals surface area contributed by atoms with Gasteiger partial charge in [0.1, 0.15) is 0 Å². The van der Waals surface area contributed by atoms with E-state index in [-0.39, 0.29) is 0 Å². The SMILES string of the molecule is CCOCC(NCc1cn(C)nc1C(C)C)C(C)C. The molecule has 1 rings (SSSR count). The second kappa shape index (κ2) is 7.65. The third-order valence-corrected chi connectivity index (χ3v) is 3.34. The largest absolute Gasteiger partial charge is 0.380 e. The Balaban J connectivity index is 2.63. The first kappa shape index (κ1) is 16.2. The molecule has 4 nitrogen and oxygen atoms in total. The highest BCUT2D eigenvalue weighted by Crippen LogP contribution is 2.17. The van der Waals surface area contributed by atoms with Crippen molar-refractivity contribution in [2.24, 2.45) is 13.0 Å². The molecule has 0 radical (unpaired) electrons. The van der Waals surface area contributed by atoms with Crippen LogP contribution in [0.15, 0.2) is 6.20 Å². The molecular weight excluding hydrogens is 238 g/mol. The van der Waals surface area contributed by atoms with Crippen LogP contribution in [0.1, 0.15) is 51.8 Å². The maximum atomic E-state index is 5.54. The zero-order valence-electron chi connectivity index (χ0n) is 13.2. The van der Waals surface area contributed by atoms with Crippen LogP contribution in [0, 0.1) is 5.92 Å². The van der Waals surface area contributed by atoms with Gasteiger partial charge in [0.2, 0.25) is 0 Å². The molecule has 1 heterocycles. The summed E-state index contributed by atoms with van der Waals surface area (Å²) in [6, 6.07) is 0.389. The van der Waals surface area contributed by atoms with Gasteiger partial charge >= 0.3 is 0 Å². The number of hydrogen-bond donors (Lipinski definition) is 1. The van der Waals surface area contributed by atoms with Gasteiger partial charge in [-0.05, 0) is 18.8 Å². The van der Waals surface area contributed by atoms with Crippen molar-refractivity contribution in [2.45, 2.75) is 53.1 Å². The number of hydrogen-bond acceptors (Lipinski definition) is 3. The van der Waals surface area contributed by atoms with Gasteiger partial charge in [-0.3, -0.25) is 4.68 Å². The molecule has 4 heteroatoms. The van der Waals surface area contributed by atoms with Crippen LogP contribution in [0.5, 0.6) is 0 Å². The molecule has 0 aliphatic heterocycles. The molecule has 0 spiro atoms. The number of aryl methyl sites for hydroxylation is 1. The molecule has 1 aromatic heterocycles. The molecule has 110 valence electrons. The molecule has 1 atom stereocenters. The van der Waals surface area contributed by atoms with E-state index in [4.69, 9.17) is 4.74 Å². The van der Waals surface area contributed by atoms with Crippen molar-refractivity contribution < 1.29 is 4.74 Å². The van der Waals surface area contributed by atoms with Gasteiger partial charge < -0.3 is 10.1 Å². The van der Waals surface area contributed by atoms with Crippen LogP contribution in [-0.2, 0) is 18.3 Å². The first-order chi connectivity index (χ1) is 8.95. The molecule has 0 aliphatic carbocycles. The van der Waals surface area contributed by atoms with Gasteiger partial charge in [0.25, 0.3) is 0 Å². The van der Waals surface area contributed by atoms with Gasteiger partial charge in [-0.2, -0.15) is 5.10 Å². The van der Waals surface area contributed by atoms with Crippen molar-refractivity contribution in [3.05, 3.63) is 17.5 Å². The summed E-state index contributed by atoms with van der Waals surface area (Å²) in [5, 5.41) is 8.14. The minimum absolute atomic E-state index is 0.389. The lowest BCUT2D eigenvalue weighted by molar-refractivity contribution is 0.108. The fraction of sp³-hybridized carbons (Fsp3) is 0.800. The van der Waals surface area contributed by atoms with E-state index in [9.17, 15) is 0 Å². The standard InChI is InChI=1S/C15H29N3O/c1-7-19-10-14(11(2)3)16-8-13-9-18(6)17-15(13)12(4)5/h9,11-12,14,16H,7-8,10H2,1-6H3. The molecule has 0 bridgehead atoms. The summed E-state index contributed by atoms with van der Waals surface area (Å²) in [6.45, 7) is 13.3. The minimum atomic E-state index is 0.389. The highest BCUT2D eigenvalue weighted by molar-refractivity contribution is 5.20. The molecule has 0 aliphatic rings. The monoisotopic (exact) mass is 267 g/mol. The van der Waals surface area contributed by atoms with Crippen LogP contribution in [0.25, 0.3) is 0 Å². The highest BCUT2D eigenvalue weighted by atomic mass is 16.5. The lowest BCUT2D eigenvalue weighted by atomic mass is 10.0. The van der Waals surface area contributed by atoms with Crippen LogP contribution in [0.2, 0.25) is 0 Å². The summed E-state index contributed by atoms with van der Waals surface area (Å²) in [7, 11) is 1.98.